The van der Waals surface area contributed by atoms with Crippen molar-refractivity contribution in [3.05, 3.63) is 29.6 Å². The molecule has 1 aliphatic heterocycles. The molecule has 1 heterocycles. The number of nitrogen functional groups attached to an aromatic ring is 1. The molecule has 0 saturated carbocycles. The number of hydrogen-bond acceptors (Lipinski definition) is 3. The van der Waals surface area contributed by atoms with Crippen molar-refractivity contribution in [1.82, 2.24) is 4.90 Å². The van der Waals surface area contributed by atoms with Crippen molar-refractivity contribution < 1.29 is 13.9 Å². The molecular formula is C14H19FN2O2. The van der Waals surface area contributed by atoms with E-state index >= 15 is 0 Å². The van der Waals surface area contributed by atoms with Crippen LogP contribution in [0.5, 0.6) is 0 Å². The highest BCUT2D eigenvalue weighted by atomic mass is 19.1. The molecule has 0 radical (unpaired) electrons. The maximum atomic E-state index is 13.1. The zero-order valence-electron chi connectivity index (χ0n) is 11.1. The van der Waals surface area contributed by atoms with Gasteiger partial charge < -0.3 is 15.4 Å². The number of rotatable bonds is 3. The highest BCUT2D eigenvalue weighted by Gasteiger charge is 2.24. The highest BCUT2D eigenvalue weighted by molar-refractivity contribution is 5.95. The number of benzene rings is 1. The summed E-state index contributed by atoms with van der Waals surface area (Å²) in [5.74, 6) is -0.613. The first-order valence-corrected chi connectivity index (χ1v) is 6.57. The van der Waals surface area contributed by atoms with Crippen molar-refractivity contribution in [2.24, 2.45) is 0 Å². The third kappa shape index (κ3) is 3.23. The van der Waals surface area contributed by atoms with Crippen molar-refractivity contribution in [3.63, 3.8) is 0 Å². The molecule has 0 aromatic heterocycles. The van der Waals surface area contributed by atoms with E-state index in [4.69, 9.17) is 10.5 Å². The van der Waals surface area contributed by atoms with E-state index in [1.54, 1.807) is 4.90 Å². The molecule has 2 rings (SSSR count). The average molecular weight is 266 g/mol. The Morgan fingerprint density at radius 3 is 3.05 bits per heavy atom. The van der Waals surface area contributed by atoms with Gasteiger partial charge in [0.2, 0.25) is 0 Å². The van der Waals surface area contributed by atoms with Crippen LogP contribution in [0.2, 0.25) is 0 Å². The summed E-state index contributed by atoms with van der Waals surface area (Å²) < 4.78 is 18.7. The zero-order chi connectivity index (χ0) is 13.8. The highest BCUT2D eigenvalue weighted by Crippen LogP contribution is 2.18. The Morgan fingerprint density at radius 1 is 1.58 bits per heavy atom. The van der Waals surface area contributed by atoms with Gasteiger partial charge in [0.15, 0.2) is 0 Å². The lowest BCUT2D eigenvalue weighted by molar-refractivity contribution is 0.00724. The second-order valence-corrected chi connectivity index (χ2v) is 4.71. The van der Waals surface area contributed by atoms with Crippen LogP contribution in [-0.2, 0) is 4.74 Å². The molecular weight excluding hydrogens is 247 g/mol. The minimum atomic E-state index is -0.498. The standard InChI is InChI=1S/C14H19FN2O2/c1-2-19-11-4-3-7-17(9-11)14(18)10-5-6-12(15)13(16)8-10/h5-6,8,11H,2-4,7,9,16H2,1H3. The number of piperidine rings is 1. The Hall–Kier alpha value is -1.62. The molecule has 104 valence electrons. The van der Waals surface area contributed by atoms with Crippen LogP contribution >= 0.6 is 0 Å². The summed E-state index contributed by atoms with van der Waals surface area (Å²) in [5.41, 5.74) is 5.92. The maximum absolute atomic E-state index is 13.1. The quantitative estimate of drug-likeness (QED) is 0.852. The number of carbonyl (C=O) groups is 1. The summed E-state index contributed by atoms with van der Waals surface area (Å²) in [6.45, 7) is 3.89. The van der Waals surface area contributed by atoms with Gasteiger partial charge in [-0.2, -0.15) is 0 Å². The van der Waals surface area contributed by atoms with Gasteiger partial charge >= 0.3 is 0 Å². The summed E-state index contributed by atoms with van der Waals surface area (Å²) in [6.07, 6.45) is 2.00. The fourth-order valence-electron chi connectivity index (χ4n) is 2.35. The van der Waals surface area contributed by atoms with E-state index in [1.807, 2.05) is 6.92 Å². The van der Waals surface area contributed by atoms with Crippen LogP contribution in [0.1, 0.15) is 30.1 Å². The first kappa shape index (κ1) is 13.8. The molecule has 1 fully saturated rings. The molecule has 1 unspecified atom stereocenters. The molecule has 0 spiro atoms. The van der Waals surface area contributed by atoms with Gasteiger partial charge in [0, 0.05) is 25.3 Å². The fourth-order valence-corrected chi connectivity index (χ4v) is 2.35. The van der Waals surface area contributed by atoms with Crippen molar-refractivity contribution in [2.45, 2.75) is 25.9 Å². The SMILES string of the molecule is CCOC1CCCN(C(=O)c2ccc(F)c(N)c2)C1. The second-order valence-electron chi connectivity index (χ2n) is 4.71. The van der Waals surface area contributed by atoms with E-state index in [-0.39, 0.29) is 17.7 Å². The number of amides is 1. The third-order valence-electron chi connectivity index (χ3n) is 3.31. The molecule has 19 heavy (non-hydrogen) atoms. The predicted octanol–water partition coefficient (Wildman–Crippen LogP) is 2.05. The Kier molecular flexibility index (Phi) is 4.37. The summed E-state index contributed by atoms with van der Waals surface area (Å²) in [6, 6.07) is 4.09. The number of nitrogens with zero attached hydrogens (tertiary/aromatic N) is 1. The number of anilines is 1. The monoisotopic (exact) mass is 266 g/mol. The molecule has 1 aromatic carbocycles. The largest absolute Gasteiger partial charge is 0.396 e. The Morgan fingerprint density at radius 2 is 2.37 bits per heavy atom. The predicted molar refractivity (Wildman–Crippen MR) is 71.4 cm³/mol. The molecule has 5 heteroatoms. The van der Waals surface area contributed by atoms with Crippen molar-refractivity contribution in [1.29, 1.82) is 0 Å². The topological polar surface area (TPSA) is 55.6 Å². The van der Waals surface area contributed by atoms with E-state index in [0.29, 0.717) is 25.3 Å². The normalized spacial score (nSPS) is 19.5. The van der Waals surface area contributed by atoms with Gasteiger partial charge in [-0.05, 0) is 38.0 Å². The first-order chi connectivity index (χ1) is 9.11. The molecule has 1 saturated heterocycles. The molecule has 1 amide bonds. The zero-order valence-corrected chi connectivity index (χ0v) is 11.1. The van der Waals surface area contributed by atoms with Crippen molar-refractivity contribution in [2.75, 3.05) is 25.4 Å². The lowest BCUT2D eigenvalue weighted by atomic mass is 10.1. The molecule has 1 aromatic rings. The number of nitrogens with two attached hydrogens (primary N) is 1. The van der Waals surface area contributed by atoms with Crippen molar-refractivity contribution in [3.8, 4) is 0 Å². The van der Waals surface area contributed by atoms with E-state index in [1.165, 1.54) is 18.2 Å². The number of ether oxygens (including phenoxy) is 1. The van der Waals surface area contributed by atoms with Crippen LogP contribution in [0.4, 0.5) is 10.1 Å². The van der Waals surface area contributed by atoms with Gasteiger partial charge in [-0.25, -0.2) is 4.39 Å². The van der Waals surface area contributed by atoms with E-state index in [2.05, 4.69) is 0 Å². The number of carbonyl (C=O) groups excluding carboxylic acids is 1. The molecule has 1 aliphatic rings. The summed E-state index contributed by atoms with van der Waals surface area (Å²) in [5, 5.41) is 0. The van der Waals surface area contributed by atoms with Crippen LogP contribution < -0.4 is 5.73 Å². The Balaban J connectivity index is 2.08. The molecule has 0 aliphatic carbocycles. The molecule has 2 N–H and O–H groups in total. The maximum Gasteiger partial charge on any atom is 0.254 e. The van der Waals surface area contributed by atoms with Crippen LogP contribution in [0.25, 0.3) is 0 Å². The van der Waals surface area contributed by atoms with E-state index < -0.39 is 5.82 Å². The minimum absolute atomic E-state index is 0.00391. The Bertz CT molecular complexity index is 463. The van der Waals surface area contributed by atoms with E-state index in [0.717, 1.165) is 12.8 Å². The lowest BCUT2D eigenvalue weighted by Gasteiger charge is -2.32. The molecule has 4 nitrogen and oxygen atoms in total. The Labute approximate surface area is 112 Å². The van der Waals surface area contributed by atoms with Crippen molar-refractivity contribution >= 4 is 11.6 Å². The third-order valence-corrected chi connectivity index (χ3v) is 3.31. The van der Waals surface area contributed by atoms with Crippen LogP contribution in [0.3, 0.4) is 0 Å². The summed E-state index contributed by atoms with van der Waals surface area (Å²) in [7, 11) is 0. The van der Waals surface area contributed by atoms with E-state index in [9.17, 15) is 9.18 Å². The fraction of sp³-hybridized carbons (Fsp3) is 0.500. The van der Waals surface area contributed by atoms with Crippen LogP contribution in [-0.4, -0.2) is 36.6 Å². The number of likely N-dealkylation sites (tertiary alicyclic amines) is 1. The lowest BCUT2D eigenvalue weighted by Crippen LogP contribution is -2.43. The van der Waals surface area contributed by atoms with Gasteiger partial charge in [0.25, 0.3) is 5.91 Å². The summed E-state index contributed by atoms with van der Waals surface area (Å²) in [4.78, 5) is 14.1. The molecule has 1 atom stereocenters. The number of halogens is 1. The second kappa shape index (κ2) is 6.02. The average Bonchev–Trinajstić information content (AvgIpc) is 2.42. The number of hydrogen-bond donors (Lipinski definition) is 1. The summed E-state index contributed by atoms with van der Waals surface area (Å²) >= 11 is 0. The minimum Gasteiger partial charge on any atom is -0.396 e. The van der Waals surface area contributed by atoms with Gasteiger partial charge in [-0.1, -0.05) is 0 Å². The smallest absolute Gasteiger partial charge is 0.254 e. The first-order valence-electron chi connectivity index (χ1n) is 6.57. The van der Waals surface area contributed by atoms with Crippen LogP contribution in [0, 0.1) is 5.82 Å². The van der Waals surface area contributed by atoms with Gasteiger partial charge in [0.05, 0.1) is 11.8 Å². The van der Waals surface area contributed by atoms with Crippen LogP contribution in [0.15, 0.2) is 18.2 Å². The van der Waals surface area contributed by atoms with Gasteiger partial charge in [0.1, 0.15) is 5.82 Å². The molecule has 0 bridgehead atoms. The van der Waals surface area contributed by atoms with Gasteiger partial charge in [-0.3, -0.25) is 4.79 Å². The van der Waals surface area contributed by atoms with Gasteiger partial charge in [-0.15, -0.1) is 0 Å².